The van der Waals surface area contributed by atoms with Gasteiger partial charge < -0.3 is 0 Å². The first-order valence-electron chi connectivity index (χ1n) is 6.59. The summed E-state index contributed by atoms with van der Waals surface area (Å²) in [5.41, 5.74) is 2.01. The molecule has 0 radical (unpaired) electrons. The van der Waals surface area contributed by atoms with Crippen molar-refractivity contribution in [3.63, 3.8) is 0 Å². The Labute approximate surface area is 134 Å². The van der Waals surface area contributed by atoms with E-state index in [1.807, 2.05) is 18.2 Å². The number of benzene rings is 1. The minimum Gasteiger partial charge on any atom is -0.279 e. The van der Waals surface area contributed by atoms with Crippen molar-refractivity contribution in [2.45, 2.75) is 37.3 Å². The predicted molar refractivity (Wildman–Crippen MR) is 87.8 cm³/mol. The molecule has 2 rings (SSSR count). The van der Waals surface area contributed by atoms with Crippen molar-refractivity contribution in [1.82, 2.24) is 4.98 Å². The lowest BCUT2D eigenvalue weighted by Gasteiger charge is -2.16. The highest BCUT2D eigenvalue weighted by atomic mass is 35.5. The minimum atomic E-state index is -3.67. The van der Waals surface area contributed by atoms with Crippen LogP contribution in [0.2, 0.25) is 4.47 Å². The van der Waals surface area contributed by atoms with E-state index in [0.29, 0.717) is 11.4 Å². The quantitative estimate of drug-likeness (QED) is 0.873. The molecule has 1 unspecified atom stereocenters. The van der Waals surface area contributed by atoms with Crippen LogP contribution in [0, 0.1) is 6.92 Å². The summed E-state index contributed by atoms with van der Waals surface area (Å²) < 4.78 is 28.0. The summed E-state index contributed by atoms with van der Waals surface area (Å²) in [5, 5.41) is 0. The van der Waals surface area contributed by atoms with E-state index in [0.717, 1.165) is 23.3 Å². The van der Waals surface area contributed by atoms with Crippen LogP contribution in [0.4, 0.5) is 5.69 Å². The number of sulfonamides is 1. The van der Waals surface area contributed by atoms with Crippen molar-refractivity contribution in [2.75, 3.05) is 4.72 Å². The third-order valence-electron chi connectivity index (χ3n) is 3.32. The van der Waals surface area contributed by atoms with E-state index in [1.165, 1.54) is 0 Å². The number of rotatable bonds is 5. The largest absolute Gasteiger partial charge is 0.279 e. The highest BCUT2D eigenvalue weighted by Crippen LogP contribution is 2.31. The average molecular weight is 345 g/mol. The fraction of sp³-hybridized carbons (Fsp3) is 0.357. The number of para-hydroxylation sites is 1. The SMILES string of the molecule is CCC(C)c1ccccc1NS(=O)(=O)c1sc(Cl)nc1C. The molecule has 1 heterocycles. The molecule has 0 bridgehead atoms. The van der Waals surface area contributed by atoms with E-state index >= 15 is 0 Å². The van der Waals surface area contributed by atoms with E-state index in [2.05, 4.69) is 23.6 Å². The topological polar surface area (TPSA) is 59.1 Å². The molecule has 0 aliphatic carbocycles. The van der Waals surface area contributed by atoms with E-state index in [4.69, 9.17) is 11.6 Å². The third-order valence-corrected chi connectivity index (χ3v) is 6.56. The molecule has 4 nitrogen and oxygen atoms in total. The number of hydrogen-bond acceptors (Lipinski definition) is 4. The van der Waals surface area contributed by atoms with E-state index in [-0.39, 0.29) is 14.6 Å². The zero-order valence-electron chi connectivity index (χ0n) is 12.1. The molecule has 7 heteroatoms. The maximum Gasteiger partial charge on any atom is 0.273 e. The zero-order valence-corrected chi connectivity index (χ0v) is 14.4. The Balaban J connectivity index is 2.40. The molecular formula is C14H17ClN2O2S2. The van der Waals surface area contributed by atoms with Gasteiger partial charge in [-0.05, 0) is 30.9 Å². The van der Waals surface area contributed by atoms with Crippen molar-refractivity contribution >= 4 is 38.6 Å². The Morgan fingerprint density at radius 2 is 2.05 bits per heavy atom. The Morgan fingerprint density at radius 3 is 2.62 bits per heavy atom. The summed E-state index contributed by atoms with van der Waals surface area (Å²) in [4.78, 5) is 3.96. The molecule has 0 saturated heterocycles. The Hall–Kier alpha value is -1.11. The predicted octanol–water partition coefficient (Wildman–Crippen LogP) is 4.42. The maximum atomic E-state index is 12.5. The van der Waals surface area contributed by atoms with Crippen LogP contribution in [0.25, 0.3) is 0 Å². The second kappa shape index (κ2) is 6.34. The summed E-state index contributed by atoms with van der Waals surface area (Å²) in [5.74, 6) is 0.273. The van der Waals surface area contributed by atoms with Gasteiger partial charge in [0.15, 0.2) is 8.68 Å². The number of aromatic nitrogens is 1. The van der Waals surface area contributed by atoms with Crippen LogP contribution in [0.1, 0.15) is 37.4 Å². The monoisotopic (exact) mass is 344 g/mol. The molecule has 0 aliphatic heterocycles. The first-order valence-corrected chi connectivity index (χ1v) is 9.27. The van der Waals surface area contributed by atoms with Gasteiger partial charge in [0, 0.05) is 0 Å². The standard InChI is InChI=1S/C14H17ClN2O2S2/c1-4-9(2)11-7-5-6-8-12(11)17-21(18,19)13-10(3)16-14(15)20-13/h5-9,17H,4H2,1-3H3. The first kappa shape index (κ1) is 16.3. The molecule has 0 aliphatic rings. The van der Waals surface area contributed by atoms with Gasteiger partial charge in [0.25, 0.3) is 10.0 Å². The van der Waals surface area contributed by atoms with Gasteiger partial charge in [-0.15, -0.1) is 0 Å². The van der Waals surface area contributed by atoms with Gasteiger partial charge in [0.1, 0.15) is 0 Å². The van der Waals surface area contributed by atoms with Crippen LogP contribution < -0.4 is 4.72 Å². The van der Waals surface area contributed by atoms with Gasteiger partial charge in [-0.1, -0.05) is 55.0 Å². The van der Waals surface area contributed by atoms with Crippen LogP contribution >= 0.6 is 22.9 Å². The summed E-state index contributed by atoms with van der Waals surface area (Å²) in [7, 11) is -3.67. The van der Waals surface area contributed by atoms with Crippen LogP contribution in [-0.4, -0.2) is 13.4 Å². The first-order chi connectivity index (χ1) is 9.85. The van der Waals surface area contributed by atoms with E-state index in [1.54, 1.807) is 13.0 Å². The van der Waals surface area contributed by atoms with Gasteiger partial charge in [-0.2, -0.15) is 0 Å². The Kier molecular flexibility index (Phi) is 4.91. The molecule has 114 valence electrons. The molecule has 1 aromatic heterocycles. The van der Waals surface area contributed by atoms with Gasteiger partial charge in [0.05, 0.1) is 11.4 Å². The van der Waals surface area contributed by atoms with Gasteiger partial charge in [-0.3, -0.25) is 4.72 Å². The second-order valence-electron chi connectivity index (χ2n) is 4.84. The maximum absolute atomic E-state index is 12.5. The summed E-state index contributed by atoms with van der Waals surface area (Å²) in [6.07, 6.45) is 0.935. The van der Waals surface area contributed by atoms with Crippen LogP contribution in [0.3, 0.4) is 0 Å². The number of aryl methyl sites for hydroxylation is 1. The Morgan fingerprint density at radius 1 is 1.38 bits per heavy atom. The van der Waals surface area contributed by atoms with Crippen LogP contribution in [0.5, 0.6) is 0 Å². The molecule has 0 saturated carbocycles. The minimum absolute atomic E-state index is 0.159. The van der Waals surface area contributed by atoms with Crippen molar-refractivity contribution in [1.29, 1.82) is 0 Å². The zero-order chi connectivity index (χ0) is 15.6. The number of anilines is 1. The summed E-state index contributed by atoms with van der Waals surface area (Å²) >= 11 is 6.76. The molecule has 1 N–H and O–H groups in total. The average Bonchev–Trinajstić information content (AvgIpc) is 2.78. The molecule has 21 heavy (non-hydrogen) atoms. The van der Waals surface area contributed by atoms with Crippen LogP contribution in [-0.2, 0) is 10.0 Å². The number of nitrogens with one attached hydrogen (secondary N) is 1. The van der Waals surface area contributed by atoms with Gasteiger partial charge in [-0.25, -0.2) is 13.4 Å². The fourth-order valence-corrected chi connectivity index (χ4v) is 4.86. The molecule has 0 spiro atoms. The number of thiazole rings is 1. The highest BCUT2D eigenvalue weighted by Gasteiger charge is 2.23. The van der Waals surface area contributed by atoms with Crippen molar-refractivity contribution in [2.24, 2.45) is 0 Å². The van der Waals surface area contributed by atoms with Gasteiger partial charge >= 0.3 is 0 Å². The number of hydrogen-bond donors (Lipinski definition) is 1. The van der Waals surface area contributed by atoms with E-state index < -0.39 is 10.0 Å². The smallest absolute Gasteiger partial charge is 0.273 e. The molecule has 2 aromatic rings. The van der Waals surface area contributed by atoms with Crippen molar-refractivity contribution in [3.05, 3.63) is 40.0 Å². The number of nitrogens with zero attached hydrogens (tertiary/aromatic N) is 1. The number of halogens is 1. The molecule has 0 amide bonds. The van der Waals surface area contributed by atoms with Crippen molar-refractivity contribution < 1.29 is 8.42 Å². The molecule has 0 fully saturated rings. The molecule has 1 aromatic carbocycles. The Bertz CT molecular complexity index is 741. The summed E-state index contributed by atoms with van der Waals surface area (Å²) in [6, 6.07) is 7.44. The van der Waals surface area contributed by atoms with Gasteiger partial charge in [0.2, 0.25) is 0 Å². The normalized spacial score (nSPS) is 13.1. The lowest BCUT2D eigenvalue weighted by Crippen LogP contribution is -2.14. The van der Waals surface area contributed by atoms with Crippen LogP contribution in [0.15, 0.2) is 28.5 Å². The third kappa shape index (κ3) is 3.56. The van der Waals surface area contributed by atoms with E-state index in [9.17, 15) is 8.42 Å². The molecular weight excluding hydrogens is 328 g/mol. The highest BCUT2D eigenvalue weighted by molar-refractivity contribution is 7.94. The van der Waals surface area contributed by atoms with Crippen molar-refractivity contribution in [3.8, 4) is 0 Å². The molecule has 1 atom stereocenters. The lowest BCUT2D eigenvalue weighted by molar-refractivity contribution is 0.602. The second-order valence-corrected chi connectivity index (χ2v) is 8.30. The fourth-order valence-electron chi connectivity index (χ4n) is 2.03. The lowest BCUT2D eigenvalue weighted by atomic mass is 9.97. The summed E-state index contributed by atoms with van der Waals surface area (Å²) in [6.45, 7) is 5.78.